The van der Waals surface area contributed by atoms with E-state index in [1.807, 2.05) is 6.92 Å². The van der Waals surface area contributed by atoms with Gasteiger partial charge in [0.25, 0.3) is 5.91 Å². The van der Waals surface area contributed by atoms with Crippen LogP contribution in [0.5, 0.6) is 0 Å². The van der Waals surface area contributed by atoms with E-state index < -0.39 is 5.91 Å². The standard InChI is InChI=1S/C10H10ClN5O/c1-2-6-3-9(16-15-6)14-10(17)7-4-12-5-8(11)13-7/h3-5H,2H2,1H3,(H2,14,15,16,17). The van der Waals surface area contributed by atoms with E-state index in [0.717, 1.165) is 12.1 Å². The predicted molar refractivity (Wildman–Crippen MR) is 63.0 cm³/mol. The Morgan fingerprint density at radius 1 is 1.53 bits per heavy atom. The lowest BCUT2D eigenvalue weighted by Gasteiger charge is -2.00. The van der Waals surface area contributed by atoms with Gasteiger partial charge in [-0.2, -0.15) is 5.10 Å². The molecule has 0 aliphatic rings. The van der Waals surface area contributed by atoms with Crippen LogP contribution >= 0.6 is 11.6 Å². The fraction of sp³-hybridized carbons (Fsp3) is 0.200. The summed E-state index contributed by atoms with van der Waals surface area (Å²) in [6.45, 7) is 1.99. The third-order valence-electron chi connectivity index (χ3n) is 2.09. The minimum absolute atomic E-state index is 0.151. The van der Waals surface area contributed by atoms with Crippen molar-refractivity contribution in [3.05, 3.63) is 35.0 Å². The van der Waals surface area contributed by atoms with Crippen LogP contribution in [0.4, 0.5) is 5.82 Å². The summed E-state index contributed by atoms with van der Waals surface area (Å²) in [6, 6.07) is 1.76. The van der Waals surface area contributed by atoms with Crippen LogP contribution in [0, 0.1) is 0 Å². The molecule has 0 bridgehead atoms. The number of carbonyl (C=O) groups excluding carboxylic acids is 1. The van der Waals surface area contributed by atoms with E-state index >= 15 is 0 Å². The van der Waals surface area contributed by atoms with Gasteiger partial charge in [0.15, 0.2) is 5.82 Å². The summed E-state index contributed by atoms with van der Waals surface area (Å²) in [5.74, 6) is 0.0581. The Morgan fingerprint density at radius 2 is 2.35 bits per heavy atom. The number of nitrogens with one attached hydrogen (secondary N) is 2. The molecule has 2 aromatic heterocycles. The van der Waals surface area contributed by atoms with Gasteiger partial charge in [-0.25, -0.2) is 4.98 Å². The van der Waals surface area contributed by atoms with Crippen molar-refractivity contribution in [1.82, 2.24) is 20.2 Å². The van der Waals surface area contributed by atoms with Gasteiger partial charge in [0.05, 0.1) is 12.4 Å². The van der Waals surface area contributed by atoms with Crippen LogP contribution in [-0.2, 0) is 6.42 Å². The van der Waals surface area contributed by atoms with Gasteiger partial charge in [0, 0.05) is 11.8 Å². The van der Waals surface area contributed by atoms with Crippen molar-refractivity contribution >= 4 is 23.3 Å². The van der Waals surface area contributed by atoms with Gasteiger partial charge in [-0.05, 0) is 6.42 Å². The summed E-state index contributed by atoms with van der Waals surface area (Å²) in [7, 11) is 0. The minimum atomic E-state index is -0.394. The van der Waals surface area contributed by atoms with Crippen LogP contribution in [0.25, 0.3) is 0 Å². The Balaban J connectivity index is 2.11. The molecule has 0 saturated carbocycles. The third kappa shape index (κ3) is 2.79. The highest BCUT2D eigenvalue weighted by molar-refractivity contribution is 6.29. The fourth-order valence-corrected chi connectivity index (χ4v) is 1.39. The average molecular weight is 252 g/mol. The highest BCUT2D eigenvalue weighted by Gasteiger charge is 2.10. The van der Waals surface area contributed by atoms with Crippen molar-refractivity contribution in [1.29, 1.82) is 0 Å². The monoisotopic (exact) mass is 251 g/mol. The largest absolute Gasteiger partial charge is 0.304 e. The molecule has 88 valence electrons. The first-order valence-electron chi connectivity index (χ1n) is 5.02. The second-order valence-corrected chi connectivity index (χ2v) is 3.70. The van der Waals surface area contributed by atoms with Crippen molar-refractivity contribution in [3.63, 3.8) is 0 Å². The number of aromatic amines is 1. The van der Waals surface area contributed by atoms with Gasteiger partial charge < -0.3 is 5.32 Å². The molecular formula is C10H10ClN5O. The molecule has 0 spiro atoms. The summed E-state index contributed by atoms with van der Waals surface area (Å²) in [6.07, 6.45) is 3.52. The minimum Gasteiger partial charge on any atom is -0.304 e. The number of nitrogens with zero attached hydrogens (tertiary/aromatic N) is 3. The highest BCUT2D eigenvalue weighted by atomic mass is 35.5. The number of carbonyl (C=O) groups is 1. The molecule has 2 N–H and O–H groups in total. The van der Waals surface area contributed by atoms with Gasteiger partial charge in [-0.15, -0.1) is 0 Å². The maximum atomic E-state index is 11.7. The maximum Gasteiger partial charge on any atom is 0.277 e. The zero-order chi connectivity index (χ0) is 12.3. The number of aryl methyl sites for hydroxylation is 1. The molecule has 0 atom stereocenters. The average Bonchev–Trinajstić information content (AvgIpc) is 2.77. The first kappa shape index (κ1) is 11.5. The third-order valence-corrected chi connectivity index (χ3v) is 2.27. The summed E-state index contributed by atoms with van der Waals surface area (Å²) in [4.78, 5) is 19.4. The van der Waals surface area contributed by atoms with E-state index in [-0.39, 0.29) is 10.8 Å². The van der Waals surface area contributed by atoms with Gasteiger partial charge in [-0.3, -0.25) is 14.9 Å². The summed E-state index contributed by atoms with van der Waals surface area (Å²) in [5.41, 5.74) is 1.09. The molecule has 1 amide bonds. The van der Waals surface area contributed by atoms with Crippen LogP contribution in [0.2, 0.25) is 5.15 Å². The normalized spacial score (nSPS) is 10.2. The van der Waals surface area contributed by atoms with Crippen LogP contribution < -0.4 is 5.32 Å². The molecule has 7 heteroatoms. The van der Waals surface area contributed by atoms with Crippen LogP contribution in [0.1, 0.15) is 23.1 Å². The topological polar surface area (TPSA) is 83.6 Å². The molecule has 0 aliphatic carbocycles. The molecule has 0 saturated heterocycles. The smallest absolute Gasteiger partial charge is 0.277 e. The van der Waals surface area contributed by atoms with Crippen molar-refractivity contribution in [2.24, 2.45) is 0 Å². The number of amides is 1. The lowest BCUT2D eigenvalue weighted by molar-refractivity contribution is 0.102. The number of halogens is 1. The molecule has 2 rings (SSSR count). The molecule has 17 heavy (non-hydrogen) atoms. The Kier molecular flexibility index (Phi) is 3.34. The van der Waals surface area contributed by atoms with Crippen LogP contribution in [0.15, 0.2) is 18.5 Å². The number of rotatable bonds is 3. The first-order valence-corrected chi connectivity index (χ1v) is 5.40. The highest BCUT2D eigenvalue weighted by Crippen LogP contribution is 2.08. The van der Waals surface area contributed by atoms with Gasteiger partial charge in [0.1, 0.15) is 10.8 Å². The van der Waals surface area contributed by atoms with E-state index in [1.165, 1.54) is 12.4 Å². The molecule has 0 radical (unpaired) electrons. The number of hydrogen-bond acceptors (Lipinski definition) is 4. The summed E-state index contributed by atoms with van der Waals surface area (Å²) < 4.78 is 0. The molecule has 2 aromatic rings. The number of H-pyrrole nitrogens is 1. The van der Waals surface area contributed by atoms with Gasteiger partial charge in [-0.1, -0.05) is 18.5 Å². The van der Waals surface area contributed by atoms with E-state index in [9.17, 15) is 4.79 Å². The second-order valence-electron chi connectivity index (χ2n) is 3.31. The summed E-state index contributed by atoms with van der Waals surface area (Å²) in [5, 5.41) is 9.51. The maximum absolute atomic E-state index is 11.7. The Hall–Kier alpha value is -1.95. The van der Waals surface area contributed by atoms with Crippen molar-refractivity contribution in [2.75, 3.05) is 5.32 Å². The van der Waals surface area contributed by atoms with Crippen LogP contribution in [0.3, 0.4) is 0 Å². The number of anilines is 1. The second kappa shape index (κ2) is 4.92. The molecular weight excluding hydrogens is 242 g/mol. The van der Waals surface area contributed by atoms with Gasteiger partial charge >= 0.3 is 0 Å². The number of aromatic nitrogens is 4. The molecule has 0 aromatic carbocycles. The molecule has 0 unspecified atom stereocenters. The quantitative estimate of drug-likeness (QED) is 0.869. The predicted octanol–water partition coefficient (Wildman–Crippen LogP) is 1.67. The molecule has 0 fully saturated rings. The fourth-order valence-electron chi connectivity index (χ4n) is 1.24. The zero-order valence-corrected chi connectivity index (χ0v) is 9.82. The zero-order valence-electron chi connectivity index (χ0n) is 9.07. The van der Waals surface area contributed by atoms with Crippen molar-refractivity contribution in [2.45, 2.75) is 13.3 Å². The van der Waals surface area contributed by atoms with E-state index in [0.29, 0.717) is 5.82 Å². The SMILES string of the molecule is CCc1cc(NC(=O)c2cncc(Cl)n2)n[nH]1. The molecule has 6 nitrogen and oxygen atoms in total. The van der Waals surface area contributed by atoms with E-state index in [1.54, 1.807) is 6.07 Å². The Labute approximate surface area is 102 Å². The number of hydrogen-bond donors (Lipinski definition) is 2. The Bertz CT molecular complexity index is 539. The Morgan fingerprint density at radius 3 is 3.00 bits per heavy atom. The van der Waals surface area contributed by atoms with Gasteiger partial charge in [0.2, 0.25) is 0 Å². The lowest BCUT2D eigenvalue weighted by atomic mass is 10.3. The molecule has 0 aliphatic heterocycles. The van der Waals surface area contributed by atoms with E-state index in [4.69, 9.17) is 11.6 Å². The summed E-state index contributed by atoms with van der Waals surface area (Å²) >= 11 is 5.64. The van der Waals surface area contributed by atoms with Crippen LogP contribution in [-0.4, -0.2) is 26.1 Å². The van der Waals surface area contributed by atoms with Crippen molar-refractivity contribution < 1.29 is 4.79 Å². The lowest BCUT2D eigenvalue weighted by Crippen LogP contribution is -2.14. The van der Waals surface area contributed by atoms with E-state index in [2.05, 4.69) is 25.5 Å². The van der Waals surface area contributed by atoms with Crippen molar-refractivity contribution in [3.8, 4) is 0 Å². The first-order chi connectivity index (χ1) is 8.19. The molecule has 2 heterocycles.